The molecular formula is C16H21N3O2. The summed E-state index contributed by atoms with van der Waals surface area (Å²) in [7, 11) is 1.57. The van der Waals surface area contributed by atoms with Gasteiger partial charge in [-0.2, -0.15) is 0 Å². The molecule has 0 bridgehead atoms. The Kier molecular flexibility index (Phi) is 5.11. The first-order valence-corrected chi connectivity index (χ1v) is 7.10. The van der Waals surface area contributed by atoms with E-state index in [0.717, 1.165) is 5.56 Å². The molecule has 5 heteroatoms. The normalized spacial score (nSPS) is 21.7. The van der Waals surface area contributed by atoms with E-state index < -0.39 is 6.04 Å². The Morgan fingerprint density at radius 1 is 1.38 bits per heavy atom. The second-order valence-electron chi connectivity index (χ2n) is 5.19. The van der Waals surface area contributed by atoms with Crippen molar-refractivity contribution >= 4 is 17.9 Å². The van der Waals surface area contributed by atoms with Crippen LogP contribution in [0.4, 0.5) is 0 Å². The van der Waals surface area contributed by atoms with E-state index in [1.807, 2.05) is 42.5 Å². The van der Waals surface area contributed by atoms with Crippen molar-refractivity contribution in [1.29, 1.82) is 0 Å². The van der Waals surface area contributed by atoms with Crippen molar-refractivity contribution in [3.8, 4) is 0 Å². The zero-order valence-corrected chi connectivity index (χ0v) is 12.2. The SMILES string of the molecule is CNC(=O)[C@@H]1C[C@H](N)CN1C(=O)CC=Cc1ccccc1. The highest BCUT2D eigenvalue weighted by molar-refractivity contribution is 5.89. The number of carbonyl (C=O) groups excluding carboxylic acids is 2. The molecule has 21 heavy (non-hydrogen) atoms. The van der Waals surface area contributed by atoms with Gasteiger partial charge in [0.2, 0.25) is 11.8 Å². The van der Waals surface area contributed by atoms with E-state index in [4.69, 9.17) is 5.73 Å². The van der Waals surface area contributed by atoms with Crippen LogP contribution in [-0.4, -0.2) is 42.4 Å². The topological polar surface area (TPSA) is 75.4 Å². The molecule has 0 unspecified atom stereocenters. The van der Waals surface area contributed by atoms with Crippen LogP contribution in [0.15, 0.2) is 36.4 Å². The van der Waals surface area contributed by atoms with Crippen molar-refractivity contribution < 1.29 is 9.59 Å². The van der Waals surface area contributed by atoms with Gasteiger partial charge in [-0.25, -0.2) is 0 Å². The summed E-state index contributed by atoms with van der Waals surface area (Å²) >= 11 is 0. The molecule has 2 rings (SSSR count). The maximum atomic E-state index is 12.3. The Morgan fingerprint density at radius 3 is 2.76 bits per heavy atom. The highest BCUT2D eigenvalue weighted by atomic mass is 16.2. The van der Waals surface area contributed by atoms with Crippen LogP contribution in [0.25, 0.3) is 6.08 Å². The molecular weight excluding hydrogens is 266 g/mol. The molecule has 2 atom stereocenters. The maximum Gasteiger partial charge on any atom is 0.242 e. The van der Waals surface area contributed by atoms with Crippen molar-refractivity contribution in [2.75, 3.05) is 13.6 Å². The number of rotatable bonds is 4. The van der Waals surface area contributed by atoms with Gasteiger partial charge in [-0.05, 0) is 12.0 Å². The van der Waals surface area contributed by atoms with Crippen molar-refractivity contribution in [2.24, 2.45) is 5.73 Å². The second-order valence-corrected chi connectivity index (χ2v) is 5.19. The van der Waals surface area contributed by atoms with Crippen LogP contribution in [-0.2, 0) is 9.59 Å². The lowest BCUT2D eigenvalue weighted by atomic mass is 10.1. The summed E-state index contributed by atoms with van der Waals surface area (Å²) < 4.78 is 0. The summed E-state index contributed by atoms with van der Waals surface area (Å²) in [6.07, 6.45) is 4.52. The van der Waals surface area contributed by atoms with Gasteiger partial charge < -0.3 is 16.0 Å². The Balaban J connectivity index is 1.96. The first-order valence-electron chi connectivity index (χ1n) is 7.10. The number of nitrogens with one attached hydrogen (secondary N) is 1. The van der Waals surface area contributed by atoms with Gasteiger partial charge in [0.15, 0.2) is 0 Å². The van der Waals surface area contributed by atoms with Crippen LogP contribution < -0.4 is 11.1 Å². The third-order valence-corrected chi connectivity index (χ3v) is 3.61. The fraction of sp³-hybridized carbons (Fsp3) is 0.375. The summed E-state index contributed by atoms with van der Waals surface area (Å²) in [4.78, 5) is 25.6. The standard InChI is InChI=1S/C16H21N3O2/c1-18-16(21)14-10-13(17)11-19(14)15(20)9-5-8-12-6-3-2-4-7-12/h2-8,13-14H,9-11,17H2,1H3,(H,18,21)/t13-,14-/m0/s1. The van der Waals surface area contributed by atoms with Crippen LogP contribution in [0.5, 0.6) is 0 Å². The van der Waals surface area contributed by atoms with Gasteiger partial charge >= 0.3 is 0 Å². The van der Waals surface area contributed by atoms with Crippen molar-refractivity contribution in [3.05, 3.63) is 42.0 Å². The third-order valence-electron chi connectivity index (χ3n) is 3.61. The largest absolute Gasteiger partial charge is 0.357 e. The quantitative estimate of drug-likeness (QED) is 0.858. The van der Waals surface area contributed by atoms with E-state index in [2.05, 4.69) is 5.32 Å². The number of carbonyl (C=O) groups is 2. The number of amides is 2. The van der Waals surface area contributed by atoms with Crippen LogP contribution in [0.3, 0.4) is 0 Å². The average molecular weight is 287 g/mol. The molecule has 0 aromatic heterocycles. The Labute approximate surface area is 124 Å². The van der Waals surface area contributed by atoms with Gasteiger partial charge in [0, 0.05) is 26.1 Å². The summed E-state index contributed by atoms with van der Waals surface area (Å²) in [6, 6.07) is 9.21. The lowest BCUT2D eigenvalue weighted by molar-refractivity contribution is -0.137. The maximum absolute atomic E-state index is 12.3. The van der Waals surface area contributed by atoms with E-state index in [-0.39, 0.29) is 24.3 Å². The van der Waals surface area contributed by atoms with E-state index in [9.17, 15) is 9.59 Å². The summed E-state index contributed by atoms with van der Waals surface area (Å²) in [5.74, 6) is -0.216. The lowest BCUT2D eigenvalue weighted by Gasteiger charge is -2.22. The van der Waals surface area contributed by atoms with Crippen LogP contribution in [0, 0.1) is 0 Å². The van der Waals surface area contributed by atoms with Gasteiger partial charge in [0.05, 0.1) is 0 Å². The monoisotopic (exact) mass is 287 g/mol. The molecule has 112 valence electrons. The number of likely N-dealkylation sites (N-methyl/N-ethyl adjacent to an activating group) is 1. The fourth-order valence-electron chi connectivity index (χ4n) is 2.54. The van der Waals surface area contributed by atoms with E-state index in [1.54, 1.807) is 11.9 Å². The number of nitrogens with zero attached hydrogens (tertiary/aromatic N) is 1. The molecule has 1 fully saturated rings. The molecule has 1 heterocycles. The van der Waals surface area contributed by atoms with E-state index in [0.29, 0.717) is 13.0 Å². The zero-order valence-electron chi connectivity index (χ0n) is 12.2. The molecule has 1 saturated heterocycles. The van der Waals surface area contributed by atoms with E-state index >= 15 is 0 Å². The lowest BCUT2D eigenvalue weighted by Crippen LogP contribution is -2.44. The van der Waals surface area contributed by atoms with Crippen molar-refractivity contribution in [1.82, 2.24) is 10.2 Å². The van der Waals surface area contributed by atoms with Crippen molar-refractivity contribution in [2.45, 2.75) is 24.9 Å². The molecule has 0 aliphatic carbocycles. The molecule has 0 spiro atoms. The number of hydrogen-bond donors (Lipinski definition) is 2. The Bertz CT molecular complexity index is 528. The number of likely N-dealkylation sites (tertiary alicyclic amines) is 1. The molecule has 3 N–H and O–H groups in total. The highest BCUT2D eigenvalue weighted by Crippen LogP contribution is 2.18. The first-order chi connectivity index (χ1) is 10.1. The third kappa shape index (κ3) is 3.92. The number of benzene rings is 1. The average Bonchev–Trinajstić information content (AvgIpc) is 2.89. The van der Waals surface area contributed by atoms with Gasteiger partial charge in [-0.15, -0.1) is 0 Å². The summed E-state index contributed by atoms with van der Waals surface area (Å²) in [5.41, 5.74) is 6.92. The number of nitrogens with two attached hydrogens (primary N) is 1. The van der Waals surface area contributed by atoms with Crippen molar-refractivity contribution in [3.63, 3.8) is 0 Å². The second kappa shape index (κ2) is 7.04. The first kappa shape index (κ1) is 15.3. The predicted octanol–water partition coefficient (Wildman–Crippen LogP) is 0.764. The molecule has 0 saturated carbocycles. The van der Waals surface area contributed by atoms with Gasteiger partial charge in [-0.1, -0.05) is 42.5 Å². The van der Waals surface area contributed by atoms with Crippen LogP contribution >= 0.6 is 0 Å². The minimum Gasteiger partial charge on any atom is -0.357 e. The van der Waals surface area contributed by atoms with Gasteiger partial charge in [0.1, 0.15) is 6.04 Å². The molecule has 2 amide bonds. The Morgan fingerprint density at radius 2 is 2.10 bits per heavy atom. The Hall–Kier alpha value is -2.14. The van der Waals surface area contributed by atoms with Crippen LogP contribution in [0.2, 0.25) is 0 Å². The minimum atomic E-state index is -0.442. The number of hydrogen-bond acceptors (Lipinski definition) is 3. The molecule has 1 aromatic rings. The molecule has 1 aromatic carbocycles. The molecule has 5 nitrogen and oxygen atoms in total. The zero-order chi connectivity index (χ0) is 15.2. The molecule has 0 radical (unpaired) electrons. The smallest absolute Gasteiger partial charge is 0.242 e. The summed E-state index contributed by atoms with van der Waals surface area (Å²) in [6.45, 7) is 0.441. The predicted molar refractivity (Wildman–Crippen MR) is 82.3 cm³/mol. The minimum absolute atomic E-state index is 0.0660. The fourth-order valence-corrected chi connectivity index (χ4v) is 2.54. The van der Waals surface area contributed by atoms with E-state index in [1.165, 1.54) is 0 Å². The summed E-state index contributed by atoms with van der Waals surface area (Å²) in [5, 5.41) is 2.59. The molecule has 1 aliphatic rings. The van der Waals surface area contributed by atoms with Gasteiger partial charge in [0.25, 0.3) is 0 Å². The molecule has 1 aliphatic heterocycles. The van der Waals surface area contributed by atoms with Gasteiger partial charge in [-0.3, -0.25) is 9.59 Å². The highest BCUT2D eigenvalue weighted by Gasteiger charge is 2.36. The van der Waals surface area contributed by atoms with Crippen LogP contribution in [0.1, 0.15) is 18.4 Å².